The molecule has 1 N–H and O–H groups in total. The Morgan fingerprint density at radius 3 is 2.17 bits per heavy atom. The molecule has 0 heterocycles. The summed E-state index contributed by atoms with van der Waals surface area (Å²) in [6.07, 6.45) is 0. The second kappa shape index (κ2) is 8.15. The van der Waals surface area contributed by atoms with Crippen LogP contribution in [0.2, 0.25) is 0 Å². The maximum atomic E-state index is 13.3. The van der Waals surface area contributed by atoms with Gasteiger partial charge < -0.3 is 14.6 Å². The average Bonchev–Trinajstić information content (AvgIpc) is 2.56. The normalized spacial score (nSPS) is 11.0. The van der Waals surface area contributed by atoms with E-state index in [1.165, 1.54) is 12.1 Å². The molecule has 0 saturated heterocycles. The van der Waals surface area contributed by atoms with Crippen molar-refractivity contribution in [1.29, 1.82) is 0 Å². The molecule has 4 heteroatoms. The molecule has 0 atom stereocenters. The molecular weight excluding hydrogens is 307 g/mol. The Morgan fingerprint density at radius 1 is 1.04 bits per heavy atom. The van der Waals surface area contributed by atoms with Crippen LogP contribution in [0.4, 0.5) is 4.39 Å². The van der Waals surface area contributed by atoms with Gasteiger partial charge in [0.05, 0.1) is 19.8 Å². The molecule has 0 aliphatic rings. The Labute approximate surface area is 143 Å². The van der Waals surface area contributed by atoms with Crippen LogP contribution in [0.5, 0.6) is 11.5 Å². The van der Waals surface area contributed by atoms with Gasteiger partial charge in [-0.25, -0.2) is 4.39 Å². The van der Waals surface area contributed by atoms with Crippen molar-refractivity contribution in [3.05, 3.63) is 47.3 Å². The van der Waals surface area contributed by atoms with Gasteiger partial charge in [-0.1, -0.05) is 26.0 Å². The second-order valence-corrected chi connectivity index (χ2v) is 5.83. The lowest BCUT2D eigenvalue weighted by Crippen LogP contribution is -2.07. The number of rotatable bonds is 7. The van der Waals surface area contributed by atoms with Gasteiger partial charge in [0.2, 0.25) is 0 Å². The summed E-state index contributed by atoms with van der Waals surface area (Å²) in [5.41, 5.74) is 3.37. The second-order valence-electron chi connectivity index (χ2n) is 5.83. The highest BCUT2D eigenvalue weighted by Crippen LogP contribution is 2.44. The topological polar surface area (TPSA) is 38.7 Å². The molecule has 0 aromatic heterocycles. The summed E-state index contributed by atoms with van der Waals surface area (Å²) in [5.74, 6) is 1.16. The minimum Gasteiger partial charge on any atom is -0.490 e. The van der Waals surface area contributed by atoms with Gasteiger partial charge in [-0.05, 0) is 54.7 Å². The lowest BCUT2D eigenvalue weighted by molar-refractivity contribution is 0.273. The highest BCUT2D eigenvalue weighted by atomic mass is 19.1. The molecule has 3 nitrogen and oxygen atoms in total. The van der Waals surface area contributed by atoms with E-state index in [0.29, 0.717) is 24.7 Å². The first kappa shape index (κ1) is 18.3. The lowest BCUT2D eigenvalue weighted by atomic mass is 9.89. The smallest absolute Gasteiger partial charge is 0.169 e. The number of halogens is 1. The van der Waals surface area contributed by atoms with Crippen molar-refractivity contribution in [2.45, 2.75) is 40.2 Å². The fraction of sp³-hybridized carbons (Fsp3) is 0.400. The van der Waals surface area contributed by atoms with Crippen molar-refractivity contribution >= 4 is 0 Å². The van der Waals surface area contributed by atoms with Crippen LogP contribution < -0.4 is 9.47 Å². The van der Waals surface area contributed by atoms with E-state index >= 15 is 0 Å². The third-order valence-electron chi connectivity index (χ3n) is 3.89. The number of aliphatic hydroxyl groups is 1. The lowest BCUT2D eigenvalue weighted by Gasteiger charge is -2.23. The predicted molar refractivity (Wildman–Crippen MR) is 94.2 cm³/mol. The number of aliphatic hydroxyl groups excluding tert-OH is 1. The SMILES string of the molecule is CCOc1cc(C(C)C)c(CO)c(-c2ccc(F)cc2)c1OCC. The highest BCUT2D eigenvalue weighted by molar-refractivity contribution is 5.79. The molecule has 0 radical (unpaired) electrons. The zero-order chi connectivity index (χ0) is 17.7. The van der Waals surface area contributed by atoms with Crippen molar-refractivity contribution in [3.8, 4) is 22.6 Å². The Kier molecular flexibility index (Phi) is 6.21. The summed E-state index contributed by atoms with van der Waals surface area (Å²) >= 11 is 0. The molecular formula is C20H25FO3. The average molecular weight is 332 g/mol. The van der Waals surface area contributed by atoms with Crippen molar-refractivity contribution in [1.82, 2.24) is 0 Å². The summed E-state index contributed by atoms with van der Waals surface area (Å²) in [5, 5.41) is 10.0. The van der Waals surface area contributed by atoms with Gasteiger partial charge in [0.1, 0.15) is 5.82 Å². The van der Waals surface area contributed by atoms with Crippen LogP contribution in [0.25, 0.3) is 11.1 Å². The summed E-state index contributed by atoms with van der Waals surface area (Å²) in [4.78, 5) is 0. The third-order valence-corrected chi connectivity index (χ3v) is 3.89. The Hall–Kier alpha value is -2.07. The molecule has 2 rings (SSSR count). The van der Waals surface area contributed by atoms with Crippen LogP contribution in [0, 0.1) is 5.82 Å². The van der Waals surface area contributed by atoms with Gasteiger partial charge in [-0.15, -0.1) is 0 Å². The first-order valence-electron chi connectivity index (χ1n) is 8.35. The monoisotopic (exact) mass is 332 g/mol. The van der Waals surface area contributed by atoms with E-state index in [4.69, 9.17) is 9.47 Å². The predicted octanol–water partition coefficient (Wildman–Crippen LogP) is 4.91. The molecule has 130 valence electrons. The van der Waals surface area contributed by atoms with E-state index in [0.717, 1.165) is 22.3 Å². The summed E-state index contributed by atoms with van der Waals surface area (Å²) in [6.45, 7) is 8.82. The minimum absolute atomic E-state index is 0.118. The van der Waals surface area contributed by atoms with E-state index in [-0.39, 0.29) is 18.3 Å². The molecule has 0 aliphatic carbocycles. The van der Waals surface area contributed by atoms with Crippen LogP contribution in [0.15, 0.2) is 30.3 Å². The molecule has 2 aromatic rings. The fourth-order valence-electron chi connectivity index (χ4n) is 2.86. The molecule has 0 unspecified atom stereocenters. The van der Waals surface area contributed by atoms with Crippen LogP contribution >= 0.6 is 0 Å². The third kappa shape index (κ3) is 3.70. The zero-order valence-electron chi connectivity index (χ0n) is 14.7. The van der Waals surface area contributed by atoms with Crippen LogP contribution in [0.3, 0.4) is 0 Å². The number of hydrogen-bond acceptors (Lipinski definition) is 3. The zero-order valence-corrected chi connectivity index (χ0v) is 14.7. The summed E-state index contributed by atoms with van der Waals surface area (Å²) < 4.78 is 25.0. The van der Waals surface area contributed by atoms with E-state index in [1.54, 1.807) is 12.1 Å². The maximum absolute atomic E-state index is 13.3. The summed E-state index contributed by atoms with van der Waals surface area (Å²) in [7, 11) is 0. The van der Waals surface area contributed by atoms with Crippen LogP contribution in [0.1, 0.15) is 44.7 Å². The molecule has 0 amide bonds. The van der Waals surface area contributed by atoms with Gasteiger partial charge >= 0.3 is 0 Å². The van der Waals surface area contributed by atoms with Crippen LogP contribution in [-0.2, 0) is 6.61 Å². The van der Waals surface area contributed by atoms with Gasteiger partial charge in [-0.3, -0.25) is 0 Å². The molecule has 0 fully saturated rings. The first-order valence-corrected chi connectivity index (χ1v) is 8.35. The van der Waals surface area contributed by atoms with E-state index in [1.807, 2.05) is 19.9 Å². The van der Waals surface area contributed by atoms with Gasteiger partial charge in [0, 0.05) is 5.56 Å². The number of hydrogen-bond donors (Lipinski definition) is 1. The standard InChI is InChI=1S/C20H25FO3/c1-5-23-18-11-16(13(3)4)17(12-22)19(20(18)24-6-2)14-7-9-15(21)10-8-14/h7-11,13,22H,5-6,12H2,1-4H3. The van der Waals surface area contributed by atoms with Gasteiger partial charge in [0.15, 0.2) is 11.5 Å². The maximum Gasteiger partial charge on any atom is 0.169 e. The summed E-state index contributed by atoms with van der Waals surface area (Å²) in [6, 6.07) is 8.17. The van der Waals surface area contributed by atoms with Crippen molar-refractivity contribution in [2.24, 2.45) is 0 Å². The fourth-order valence-corrected chi connectivity index (χ4v) is 2.86. The minimum atomic E-state index is -0.299. The van der Waals surface area contributed by atoms with E-state index in [9.17, 15) is 9.50 Å². The Morgan fingerprint density at radius 2 is 1.67 bits per heavy atom. The Bertz CT molecular complexity index is 678. The van der Waals surface area contributed by atoms with Crippen molar-refractivity contribution in [3.63, 3.8) is 0 Å². The quantitative estimate of drug-likeness (QED) is 0.783. The first-order chi connectivity index (χ1) is 11.5. The van der Waals surface area contributed by atoms with E-state index < -0.39 is 0 Å². The van der Waals surface area contributed by atoms with Crippen molar-refractivity contribution < 1.29 is 19.0 Å². The highest BCUT2D eigenvalue weighted by Gasteiger charge is 2.22. The molecule has 2 aromatic carbocycles. The van der Waals surface area contributed by atoms with Crippen LogP contribution in [-0.4, -0.2) is 18.3 Å². The molecule has 0 bridgehead atoms. The Balaban J connectivity index is 2.81. The van der Waals surface area contributed by atoms with Crippen molar-refractivity contribution in [2.75, 3.05) is 13.2 Å². The number of benzene rings is 2. The number of ether oxygens (including phenoxy) is 2. The molecule has 0 aliphatic heterocycles. The van der Waals surface area contributed by atoms with E-state index in [2.05, 4.69) is 13.8 Å². The largest absolute Gasteiger partial charge is 0.490 e. The molecule has 24 heavy (non-hydrogen) atoms. The van der Waals surface area contributed by atoms with Gasteiger partial charge in [0.25, 0.3) is 0 Å². The van der Waals surface area contributed by atoms with Gasteiger partial charge in [-0.2, -0.15) is 0 Å². The molecule has 0 saturated carbocycles. The molecule has 0 spiro atoms.